The predicted octanol–water partition coefficient (Wildman–Crippen LogP) is 5.33. The summed E-state index contributed by atoms with van der Waals surface area (Å²) in [4.78, 5) is 0. The summed E-state index contributed by atoms with van der Waals surface area (Å²) in [5.74, 6) is 0.730. The van der Waals surface area contributed by atoms with Gasteiger partial charge in [-0.05, 0) is 24.3 Å². The molecule has 0 aliphatic heterocycles. The maximum Gasteiger partial charge on any atom is 0.0350 e. The molecule has 1 nitrogen and oxygen atoms in total. The van der Waals surface area contributed by atoms with Gasteiger partial charge in [0.25, 0.3) is 0 Å². The van der Waals surface area contributed by atoms with Crippen molar-refractivity contribution in [3.8, 4) is 0 Å². The van der Waals surface area contributed by atoms with Gasteiger partial charge in [-0.3, -0.25) is 0 Å². The van der Waals surface area contributed by atoms with Crippen LogP contribution in [-0.4, -0.2) is 6.04 Å². The van der Waals surface area contributed by atoms with Crippen molar-refractivity contribution in [3.63, 3.8) is 0 Å². The van der Waals surface area contributed by atoms with Crippen LogP contribution in [0.5, 0.6) is 0 Å². The Hall–Kier alpha value is -0.820. The summed E-state index contributed by atoms with van der Waals surface area (Å²) >= 11 is 0. The summed E-state index contributed by atoms with van der Waals surface area (Å²) < 4.78 is 0. The van der Waals surface area contributed by atoms with Crippen LogP contribution in [0.3, 0.4) is 0 Å². The molecule has 1 aromatic rings. The average molecular weight is 261 g/mol. The van der Waals surface area contributed by atoms with Gasteiger partial charge in [0.05, 0.1) is 0 Å². The monoisotopic (exact) mass is 261 g/mol. The van der Waals surface area contributed by atoms with Gasteiger partial charge in [0.1, 0.15) is 0 Å². The smallest absolute Gasteiger partial charge is 0.0350 e. The van der Waals surface area contributed by atoms with Crippen LogP contribution in [0.1, 0.15) is 71.4 Å². The molecule has 1 rings (SSSR count). The van der Waals surface area contributed by atoms with Crippen molar-refractivity contribution in [3.05, 3.63) is 35.9 Å². The van der Waals surface area contributed by atoms with Crippen molar-refractivity contribution in [1.29, 1.82) is 0 Å². The van der Waals surface area contributed by atoms with Crippen LogP contribution in [0.4, 0.5) is 0 Å². The van der Waals surface area contributed by atoms with Gasteiger partial charge < -0.3 is 5.32 Å². The van der Waals surface area contributed by atoms with Gasteiger partial charge >= 0.3 is 0 Å². The molecule has 1 N–H and O–H groups in total. The molecule has 0 bridgehead atoms. The average Bonchev–Trinajstić information content (AvgIpc) is 2.47. The summed E-state index contributed by atoms with van der Waals surface area (Å²) in [6.07, 6.45) is 6.24. The zero-order chi connectivity index (χ0) is 14.1. The molecule has 2 unspecified atom stereocenters. The first kappa shape index (κ1) is 16.2. The Morgan fingerprint density at radius 1 is 0.895 bits per heavy atom. The quantitative estimate of drug-likeness (QED) is 0.633. The first-order valence-corrected chi connectivity index (χ1v) is 8.07. The molecule has 19 heavy (non-hydrogen) atoms. The third-order valence-corrected chi connectivity index (χ3v) is 4.22. The van der Waals surface area contributed by atoms with Crippen LogP contribution >= 0.6 is 0 Å². The van der Waals surface area contributed by atoms with Crippen molar-refractivity contribution in [1.82, 2.24) is 5.32 Å². The van der Waals surface area contributed by atoms with Gasteiger partial charge in [-0.2, -0.15) is 0 Å². The van der Waals surface area contributed by atoms with E-state index in [1.807, 2.05) is 0 Å². The molecule has 1 heteroatoms. The third kappa shape index (κ3) is 4.99. The summed E-state index contributed by atoms with van der Waals surface area (Å²) in [7, 11) is 0. The molecule has 1 aromatic carbocycles. The Labute approximate surface area is 119 Å². The first-order valence-electron chi connectivity index (χ1n) is 8.07. The van der Waals surface area contributed by atoms with Gasteiger partial charge in [-0.1, -0.05) is 77.3 Å². The molecule has 0 fully saturated rings. The predicted molar refractivity (Wildman–Crippen MR) is 85.4 cm³/mol. The van der Waals surface area contributed by atoms with E-state index in [2.05, 4.69) is 63.3 Å². The molecule has 0 saturated heterocycles. The van der Waals surface area contributed by atoms with E-state index in [-0.39, 0.29) is 0 Å². The molecular weight excluding hydrogens is 230 g/mol. The highest BCUT2D eigenvalue weighted by Crippen LogP contribution is 2.28. The van der Waals surface area contributed by atoms with Crippen LogP contribution < -0.4 is 5.32 Å². The molecular formula is C18H31N. The van der Waals surface area contributed by atoms with E-state index in [1.165, 1.54) is 37.7 Å². The molecule has 0 amide bonds. The van der Waals surface area contributed by atoms with E-state index < -0.39 is 0 Å². The Kier molecular flexibility index (Phi) is 7.81. The zero-order valence-electron chi connectivity index (χ0n) is 13.2. The fraction of sp³-hybridized carbons (Fsp3) is 0.667. The summed E-state index contributed by atoms with van der Waals surface area (Å²) in [6.45, 7) is 9.19. The highest BCUT2D eigenvalue weighted by atomic mass is 15.0. The number of hydrogen-bond acceptors (Lipinski definition) is 1. The van der Waals surface area contributed by atoms with Crippen LogP contribution in [0.2, 0.25) is 0 Å². The lowest BCUT2D eigenvalue weighted by Gasteiger charge is -2.31. The van der Waals surface area contributed by atoms with Crippen LogP contribution in [-0.2, 0) is 0 Å². The number of hydrogen-bond donors (Lipinski definition) is 1. The number of rotatable bonds is 9. The second-order valence-electron chi connectivity index (χ2n) is 5.53. The highest BCUT2D eigenvalue weighted by Gasteiger charge is 2.22. The lowest BCUT2D eigenvalue weighted by atomic mass is 9.88. The first-order chi connectivity index (χ1) is 9.26. The molecule has 0 radical (unpaired) electrons. The summed E-state index contributed by atoms with van der Waals surface area (Å²) in [6, 6.07) is 12.1. The van der Waals surface area contributed by atoms with E-state index in [9.17, 15) is 0 Å². The van der Waals surface area contributed by atoms with Crippen molar-refractivity contribution >= 4 is 0 Å². The zero-order valence-corrected chi connectivity index (χ0v) is 13.2. The molecule has 2 atom stereocenters. The van der Waals surface area contributed by atoms with Crippen molar-refractivity contribution in [2.24, 2.45) is 5.92 Å². The lowest BCUT2D eigenvalue weighted by Crippen LogP contribution is -2.36. The van der Waals surface area contributed by atoms with Crippen LogP contribution in [0, 0.1) is 5.92 Å². The van der Waals surface area contributed by atoms with Crippen LogP contribution in [0.25, 0.3) is 0 Å². The van der Waals surface area contributed by atoms with Gasteiger partial charge in [0, 0.05) is 12.1 Å². The van der Waals surface area contributed by atoms with Crippen molar-refractivity contribution < 1.29 is 0 Å². The van der Waals surface area contributed by atoms with E-state index in [0.29, 0.717) is 12.1 Å². The van der Waals surface area contributed by atoms with Crippen molar-refractivity contribution in [2.45, 2.75) is 71.9 Å². The van der Waals surface area contributed by atoms with E-state index in [0.717, 1.165) is 5.92 Å². The van der Waals surface area contributed by atoms with Crippen molar-refractivity contribution in [2.75, 3.05) is 0 Å². The van der Waals surface area contributed by atoms with E-state index in [4.69, 9.17) is 0 Å². The third-order valence-electron chi connectivity index (χ3n) is 4.22. The van der Waals surface area contributed by atoms with Gasteiger partial charge in [0.2, 0.25) is 0 Å². The standard InChI is InChI=1S/C18H31N/c1-5-12-17(8-4)19-18(15(6-2)7-3)16-13-10-9-11-14-16/h9-11,13-15,17-19H,5-8,12H2,1-4H3. The Bertz CT molecular complexity index is 316. The molecule has 0 aliphatic rings. The highest BCUT2D eigenvalue weighted by molar-refractivity contribution is 5.20. The normalized spacial score (nSPS) is 14.6. The molecule has 0 spiro atoms. The lowest BCUT2D eigenvalue weighted by molar-refractivity contribution is 0.295. The Balaban J connectivity index is 2.86. The molecule has 0 heterocycles. The SMILES string of the molecule is CCCC(CC)NC(c1ccccc1)C(CC)CC. The Morgan fingerprint density at radius 3 is 2.00 bits per heavy atom. The molecule has 0 aromatic heterocycles. The second kappa shape index (κ2) is 9.14. The minimum absolute atomic E-state index is 0.507. The summed E-state index contributed by atoms with van der Waals surface area (Å²) in [5.41, 5.74) is 1.45. The fourth-order valence-electron chi connectivity index (χ4n) is 2.93. The largest absolute Gasteiger partial charge is 0.307 e. The fourth-order valence-corrected chi connectivity index (χ4v) is 2.93. The van der Waals surface area contributed by atoms with E-state index in [1.54, 1.807) is 0 Å². The maximum absolute atomic E-state index is 3.92. The molecule has 0 aliphatic carbocycles. The minimum Gasteiger partial charge on any atom is -0.307 e. The minimum atomic E-state index is 0.507. The van der Waals surface area contributed by atoms with Gasteiger partial charge in [-0.25, -0.2) is 0 Å². The van der Waals surface area contributed by atoms with Crippen LogP contribution in [0.15, 0.2) is 30.3 Å². The van der Waals surface area contributed by atoms with Gasteiger partial charge in [0.15, 0.2) is 0 Å². The topological polar surface area (TPSA) is 12.0 Å². The summed E-state index contributed by atoms with van der Waals surface area (Å²) in [5, 5.41) is 3.92. The number of benzene rings is 1. The number of nitrogens with one attached hydrogen (secondary N) is 1. The Morgan fingerprint density at radius 2 is 1.53 bits per heavy atom. The second-order valence-corrected chi connectivity index (χ2v) is 5.53. The van der Waals surface area contributed by atoms with Gasteiger partial charge in [-0.15, -0.1) is 0 Å². The maximum atomic E-state index is 3.92. The molecule has 108 valence electrons. The molecule has 0 saturated carbocycles. The van der Waals surface area contributed by atoms with E-state index >= 15 is 0 Å².